The number of guanidine groups is 1. The molecule has 0 bridgehead atoms. The van der Waals surface area contributed by atoms with E-state index in [1.165, 1.54) is 38.9 Å². The zero-order valence-electron chi connectivity index (χ0n) is 17.3. The van der Waals surface area contributed by atoms with Gasteiger partial charge in [0, 0.05) is 38.6 Å². The first kappa shape index (κ1) is 21.0. The highest BCUT2D eigenvalue weighted by molar-refractivity contribution is 5.81. The minimum atomic E-state index is 0.0781. The number of rotatable bonds is 7. The number of carbonyl (C=O) groups excluding carboxylic acids is 1. The first-order chi connectivity index (χ1) is 12.5. The fraction of sp³-hybridized carbons (Fsp3) is 0.900. The zero-order chi connectivity index (χ0) is 18.9. The molecule has 1 atom stereocenters. The summed E-state index contributed by atoms with van der Waals surface area (Å²) >= 11 is 0. The Labute approximate surface area is 159 Å². The van der Waals surface area contributed by atoms with E-state index in [0.29, 0.717) is 6.04 Å². The molecule has 0 aliphatic carbocycles. The summed E-state index contributed by atoms with van der Waals surface area (Å²) in [6, 6.07) is 0.305. The number of piperidine rings is 1. The van der Waals surface area contributed by atoms with Gasteiger partial charge in [0.1, 0.15) is 0 Å². The molecular weight excluding hydrogens is 326 g/mol. The molecule has 2 heterocycles. The van der Waals surface area contributed by atoms with E-state index in [1.54, 1.807) is 0 Å². The molecule has 1 amide bonds. The van der Waals surface area contributed by atoms with Gasteiger partial charge in [-0.1, -0.05) is 20.8 Å². The Bertz CT molecular complexity index is 457. The van der Waals surface area contributed by atoms with Crippen molar-refractivity contribution in [3.05, 3.63) is 0 Å². The van der Waals surface area contributed by atoms with E-state index >= 15 is 0 Å². The fourth-order valence-corrected chi connectivity index (χ4v) is 3.78. The Morgan fingerprint density at radius 1 is 1.15 bits per heavy atom. The Kier molecular flexibility index (Phi) is 8.69. The summed E-state index contributed by atoms with van der Waals surface area (Å²) in [6.07, 6.45) is 6.10. The van der Waals surface area contributed by atoms with Gasteiger partial charge in [-0.15, -0.1) is 0 Å². The van der Waals surface area contributed by atoms with Crippen LogP contribution in [-0.4, -0.2) is 74.0 Å². The topological polar surface area (TPSA) is 60.0 Å². The van der Waals surface area contributed by atoms with Gasteiger partial charge in [0.2, 0.25) is 5.91 Å². The van der Waals surface area contributed by atoms with E-state index in [0.717, 1.165) is 44.4 Å². The van der Waals surface area contributed by atoms with E-state index in [4.69, 9.17) is 0 Å². The first-order valence-electron chi connectivity index (χ1n) is 10.5. The normalized spacial score (nSPS) is 22.9. The molecule has 0 aromatic carbocycles. The quantitative estimate of drug-likeness (QED) is 0.411. The lowest BCUT2D eigenvalue weighted by atomic mass is 9.99. The Hall–Kier alpha value is -1.30. The summed E-state index contributed by atoms with van der Waals surface area (Å²) in [4.78, 5) is 21.0. The largest absolute Gasteiger partial charge is 0.356 e. The van der Waals surface area contributed by atoms with Crippen LogP contribution in [0.5, 0.6) is 0 Å². The predicted molar refractivity (Wildman–Crippen MR) is 108 cm³/mol. The van der Waals surface area contributed by atoms with E-state index in [9.17, 15) is 4.79 Å². The van der Waals surface area contributed by atoms with Crippen molar-refractivity contribution in [3.63, 3.8) is 0 Å². The minimum Gasteiger partial charge on any atom is -0.356 e. The van der Waals surface area contributed by atoms with Gasteiger partial charge >= 0.3 is 0 Å². The van der Waals surface area contributed by atoms with Gasteiger partial charge in [0.15, 0.2) is 5.96 Å². The van der Waals surface area contributed by atoms with Crippen LogP contribution in [0.1, 0.15) is 52.9 Å². The molecule has 2 rings (SSSR count). The number of unbranched alkanes of at least 4 members (excludes halogenated alkanes) is 1. The van der Waals surface area contributed by atoms with Crippen molar-refractivity contribution in [2.45, 2.75) is 58.9 Å². The molecule has 2 fully saturated rings. The smallest absolute Gasteiger partial charge is 0.225 e. The van der Waals surface area contributed by atoms with Crippen molar-refractivity contribution < 1.29 is 4.79 Å². The van der Waals surface area contributed by atoms with Gasteiger partial charge < -0.3 is 20.4 Å². The number of likely N-dealkylation sites (tertiary alicyclic amines) is 2. The van der Waals surface area contributed by atoms with Crippen LogP contribution < -0.4 is 10.6 Å². The zero-order valence-corrected chi connectivity index (χ0v) is 17.3. The molecule has 2 aliphatic heterocycles. The minimum absolute atomic E-state index is 0.0781. The van der Waals surface area contributed by atoms with Crippen molar-refractivity contribution in [2.24, 2.45) is 16.8 Å². The average Bonchev–Trinajstić information content (AvgIpc) is 3.09. The summed E-state index contributed by atoms with van der Waals surface area (Å²) in [5, 5.41) is 6.89. The van der Waals surface area contributed by atoms with Crippen molar-refractivity contribution in [1.82, 2.24) is 20.4 Å². The van der Waals surface area contributed by atoms with E-state index < -0.39 is 0 Å². The summed E-state index contributed by atoms with van der Waals surface area (Å²) in [7, 11) is 1.82. The van der Waals surface area contributed by atoms with Crippen LogP contribution in [-0.2, 0) is 4.79 Å². The number of carbonyl (C=O) groups is 1. The molecule has 150 valence electrons. The second kappa shape index (κ2) is 10.8. The Morgan fingerprint density at radius 2 is 1.88 bits per heavy atom. The van der Waals surface area contributed by atoms with Gasteiger partial charge in [-0.3, -0.25) is 9.79 Å². The summed E-state index contributed by atoms with van der Waals surface area (Å²) in [5.74, 6) is 2.10. The van der Waals surface area contributed by atoms with Crippen LogP contribution >= 0.6 is 0 Å². The first-order valence-corrected chi connectivity index (χ1v) is 10.5. The van der Waals surface area contributed by atoms with Crippen molar-refractivity contribution in [3.8, 4) is 0 Å². The Balaban J connectivity index is 1.57. The van der Waals surface area contributed by atoms with Crippen LogP contribution in [0.15, 0.2) is 4.99 Å². The number of nitrogens with one attached hydrogen (secondary N) is 2. The van der Waals surface area contributed by atoms with Crippen LogP contribution in [0, 0.1) is 11.8 Å². The molecular formula is C20H39N5O. The Morgan fingerprint density at radius 3 is 2.54 bits per heavy atom. The van der Waals surface area contributed by atoms with Gasteiger partial charge in [-0.25, -0.2) is 0 Å². The molecule has 2 N–H and O–H groups in total. The molecule has 0 spiro atoms. The lowest BCUT2D eigenvalue weighted by molar-refractivity contribution is -0.133. The number of hydrogen-bond acceptors (Lipinski definition) is 3. The van der Waals surface area contributed by atoms with Crippen LogP contribution in [0.2, 0.25) is 0 Å². The molecule has 0 saturated carbocycles. The van der Waals surface area contributed by atoms with Crippen molar-refractivity contribution in [2.75, 3.05) is 46.3 Å². The number of aliphatic imine (C=N–C) groups is 1. The second-order valence-electron chi connectivity index (χ2n) is 8.30. The van der Waals surface area contributed by atoms with E-state index in [1.807, 2.05) is 25.8 Å². The van der Waals surface area contributed by atoms with E-state index in [-0.39, 0.29) is 11.8 Å². The maximum absolute atomic E-state index is 12.1. The predicted octanol–water partition coefficient (Wildman–Crippen LogP) is 1.92. The third-order valence-corrected chi connectivity index (χ3v) is 5.63. The summed E-state index contributed by atoms with van der Waals surface area (Å²) in [6.45, 7) is 12.6. The lowest BCUT2D eigenvalue weighted by Gasteiger charge is -2.30. The molecule has 6 nitrogen and oxygen atoms in total. The van der Waals surface area contributed by atoms with Gasteiger partial charge in [0.25, 0.3) is 0 Å². The summed E-state index contributed by atoms with van der Waals surface area (Å²) < 4.78 is 0. The SMILES string of the molecule is CN=C(NCCCCN1CCC(C)CC1)NC1CCN(C(=O)C(C)C)C1. The lowest BCUT2D eigenvalue weighted by Crippen LogP contribution is -2.45. The number of nitrogens with zero attached hydrogens (tertiary/aromatic N) is 3. The molecule has 1 unspecified atom stereocenters. The van der Waals surface area contributed by atoms with Crippen LogP contribution in [0.3, 0.4) is 0 Å². The molecule has 6 heteroatoms. The third kappa shape index (κ3) is 6.78. The standard InChI is InChI=1S/C20H39N5O/c1-16(2)19(26)25-14-9-18(15-25)23-20(21-4)22-10-5-6-11-24-12-7-17(3)8-13-24/h16-18H,5-15H2,1-4H3,(H2,21,22,23). The highest BCUT2D eigenvalue weighted by atomic mass is 16.2. The second-order valence-corrected chi connectivity index (χ2v) is 8.30. The van der Waals surface area contributed by atoms with Crippen LogP contribution in [0.4, 0.5) is 0 Å². The highest BCUT2D eigenvalue weighted by Crippen LogP contribution is 2.16. The van der Waals surface area contributed by atoms with Gasteiger partial charge in [-0.05, 0) is 57.7 Å². The highest BCUT2D eigenvalue weighted by Gasteiger charge is 2.27. The van der Waals surface area contributed by atoms with Crippen molar-refractivity contribution >= 4 is 11.9 Å². The van der Waals surface area contributed by atoms with Gasteiger partial charge in [0.05, 0.1) is 0 Å². The molecule has 2 saturated heterocycles. The average molecular weight is 366 g/mol. The number of hydrogen-bond donors (Lipinski definition) is 2. The molecule has 0 radical (unpaired) electrons. The molecule has 0 aromatic heterocycles. The molecule has 0 aromatic rings. The van der Waals surface area contributed by atoms with E-state index in [2.05, 4.69) is 27.4 Å². The molecule has 2 aliphatic rings. The molecule has 26 heavy (non-hydrogen) atoms. The maximum atomic E-state index is 12.1. The monoisotopic (exact) mass is 365 g/mol. The maximum Gasteiger partial charge on any atom is 0.225 e. The van der Waals surface area contributed by atoms with Gasteiger partial charge in [-0.2, -0.15) is 0 Å². The summed E-state index contributed by atoms with van der Waals surface area (Å²) in [5.41, 5.74) is 0. The fourth-order valence-electron chi connectivity index (χ4n) is 3.78. The van der Waals surface area contributed by atoms with Crippen molar-refractivity contribution in [1.29, 1.82) is 0 Å². The third-order valence-electron chi connectivity index (χ3n) is 5.63. The van der Waals surface area contributed by atoms with Crippen LogP contribution in [0.25, 0.3) is 0 Å². The number of amides is 1.